The Hall–Kier alpha value is -1.16. The molecule has 0 saturated heterocycles. The van der Waals surface area contributed by atoms with Crippen LogP contribution in [0.5, 0.6) is 5.75 Å². The average molecular weight is 278 g/mol. The van der Waals surface area contributed by atoms with Crippen LogP contribution in [0.4, 0.5) is 5.69 Å². The number of rotatable bonds is 4. The van der Waals surface area contributed by atoms with Crippen molar-refractivity contribution in [2.75, 3.05) is 11.1 Å². The zero-order chi connectivity index (χ0) is 13.9. The molecule has 0 amide bonds. The number of anilines is 1. The molecule has 0 aromatic heterocycles. The number of hydrogen-bond acceptors (Lipinski definition) is 4. The van der Waals surface area contributed by atoms with E-state index in [2.05, 4.69) is 38.0 Å². The molecule has 0 aliphatic carbocycles. The number of aliphatic imine (C=N–C) groups is 1. The summed E-state index contributed by atoms with van der Waals surface area (Å²) in [7, 11) is 0. The van der Waals surface area contributed by atoms with Gasteiger partial charge in [-0.3, -0.25) is 4.99 Å². The molecule has 1 aromatic carbocycles. The minimum absolute atomic E-state index is 0.0395. The fourth-order valence-corrected chi connectivity index (χ4v) is 2.79. The highest BCUT2D eigenvalue weighted by Gasteiger charge is 2.25. The standard InChI is InChI=1S/C15H22N2OS/c1-5-11(2)18-13-8-6-7-12(9-13)16-14-17-15(3,4)10-19-14/h6-9,11H,5,10H2,1-4H3,(H,16,17). The molecule has 1 N–H and O–H groups in total. The van der Waals surface area contributed by atoms with Crippen molar-refractivity contribution in [3.63, 3.8) is 0 Å². The van der Waals surface area contributed by atoms with E-state index >= 15 is 0 Å². The highest BCUT2D eigenvalue weighted by Crippen LogP contribution is 2.28. The number of ether oxygens (including phenoxy) is 1. The van der Waals surface area contributed by atoms with Gasteiger partial charge in [0.25, 0.3) is 0 Å². The lowest BCUT2D eigenvalue weighted by molar-refractivity contribution is 0.217. The quantitative estimate of drug-likeness (QED) is 0.898. The van der Waals surface area contributed by atoms with Gasteiger partial charge in [-0.15, -0.1) is 0 Å². The van der Waals surface area contributed by atoms with Crippen LogP contribution in [-0.2, 0) is 0 Å². The van der Waals surface area contributed by atoms with Crippen LogP contribution in [0.15, 0.2) is 29.3 Å². The van der Waals surface area contributed by atoms with Gasteiger partial charge >= 0.3 is 0 Å². The maximum absolute atomic E-state index is 5.82. The topological polar surface area (TPSA) is 33.6 Å². The first kappa shape index (κ1) is 14.3. The lowest BCUT2D eigenvalue weighted by Gasteiger charge is -2.14. The summed E-state index contributed by atoms with van der Waals surface area (Å²) in [5.41, 5.74) is 1.07. The van der Waals surface area contributed by atoms with Crippen LogP contribution in [0.2, 0.25) is 0 Å². The van der Waals surface area contributed by atoms with Crippen molar-refractivity contribution < 1.29 is 4.74 Å². The van der Waals surface area contributed by atoms with E-state index in [4.69, 9.17) is 4.74 Å². The van der Waals surface area contributed by atoms with Crippen LogP contribution in [0.25, 0.3) is 0 Å². The first-order valence-electron chi connectivity index (χ1n) is 6.75. The number of nitrogens with zero attached hydrogens (tertiary/aromatic N) is 1. The molecule has 1 aliphatic heterocycles. The zero-order valence-corrected chi connectivity index (χ0v) is 12.9. The summed E-state index contributed by atoms with van der Waals surface area (Å²) in [6.45, 7) is 8.51. The molecule has 3 nitrogen and oxygen atoms in total. The zero-order valence-electron chi connectivity index (χ0n) is 12.1. The molecule has 1 aliphatic rings. The van der Waals surface area contributed by atoms with Gasteiger partial charge < -0.3 is 10.1 Å². The lowest BCUT2D eigenvalue weighted by atomic mass is 10.1. The van der Waals surface area contributed by atoms with Crippen molar-refractivity contribution in [3.8, 4) is 5.75 Å². The molecule has 0 spiro atoms. The molecular formula is C15H22N2OS. The minimum atomic E-state index is 0.0395. The molecule has 19 heavy (non-hydrogen) atoms. The van der Waals surface area contributed by atoms with E-state index in [1.165, 1.54) is 0 Å². The predicted octanol–water partition coefficient (Wildman–Crippen LogP) is 4.16. The van der Waals surface area contributed by atoms with E-state index in [1.54, 1.807) is 11.8 Å². The van der Waals surface area contributed by atoms with Crippen LogP contribution in [-0.4, -0.2) is 22.6 Å². The number of thioether (sulfide) groups is 1. The first-order valence-corrected chi connectivity index (χ1v) is 7.73. The third-order valence-electron chi connectivity index (χ3n) is 2.96. The van der Waals surface area contributed by atoms with Gasteiger partial charge in [-0.2, -0.15) is 0 Å². The largest absolute Gasteiger partial charge is 0.491 e. The van der Waals surface area contributed by atoms with Crippen molar-refractivity contribution in [1.82, 2.24) is 0 Å². The van der Waals surface area contributed by atoms with Crippen LogP contribution in [0.3, 0.4) is 0 Å². The van der Waals surface area contributed by atoms with Crippen molar-refractivity contribution in [2.24, 2.45) is 4.99 Å². The van der Waals surface area contributed by atoms with Gasteiger partial charge in [-0.1, -0.05) is 24.8 Å². The fraction of sp³-hybridized carbons (Fsp3) is 0.533. The van der Waals surface area contributed by atoms with Gasteiger partial charge in [-0.25, -0.2) is 0 Å². The average Bonchev–Trinajstić information content (AvgIpc) is 2.69. The van der Waals surface area contributed by atoms with Gasteiger partial charge in [0.1, 0.15) is 5.75 Å². The summed E-state index contributed by atoms with van der Waals surface area (Å²) in [5, 5.41) is 4.35. The summed E-state index contributed by atoms with van der Waals surface area (Å²) in [4.78, 5) is 4.65. The van der Waals surface area contributed by atoms with Crippen molar-refractivity contribution in [3.05, 3.63) is 24.3 Å². The highest BCUT2D eigenvalue weighted by molar-refractivity contribution is 8.14. The third-order valence-corrected chi connectivity index (χ3v) is 4.28. The second kappa shape index (κ2) is 5.87. The molecule has 1 aromatic rings. The fourth-order valence-electron chi connectivity index (χ4n) is 1.73. The molecule has 4 heteroatoms. The van der Waals surface area contributed by atoms with Crippen LogP contribution in [0, 0.1) is 0 Å². The minimum Gasteiger partial charge on any atom is -0.491 e. The Balaban J connectivity index is 2.03. The van der Waals surface area contributed by atoms with Gasteiger partial charge in [0, 0.05) is 17.5 Å². The summed E-state index contributed by atoms with van der Waals surface area (Å²) in [6.07, 6.45) is 1.25. The summed E-state index contributed by atoms with van der Waals surface area (Å²) in [6, 6.07) is 8.06. The molecule has 0 saturated carbocycles. The molecule has 1 heterocycles. The van der Waals surface area contributed by atoms with Gasteiger partial charge in [0.05, 0.1) is 11.6 Å². The van der Waals surface area contributed by atoms with E-state index in [9.17, 15) is 0 Å². The van der Waals surface area contributed by atoms with Gasteiger partial charge in [0.2, 0.25) is 0 Å². The van der Waals surface area contributed by atoms with E-state index in [1.807, 2.05) is 24.3 Å². The second-order valence-electron chi connectivity index (χ2n) is 5.51. The van der Waals surface area contributed by atoms with Gasteiger partial charge in [0.15, 0.2) is 5.17 Å². The summed E-state index contributed by atoms with van der Waals surface area (Å²) in [5.74, 6) is 1.93. The summed E-state index contributed by atoms with van der Waals surface area (Å²) >= 11 is 1.77. The van der Waals surface area contributed by atoms with Gasteiger partial charge in [-0.05, 0) is 39.3 Å². The molecular weight excluding hydrogens is 256 g/mol. The van der Waals surface area contributed by atoms with Crippen LogP contribution < -0.4 is 10.1 Å². The maximum Gasteiger partial charge on any atom is 0.161 e. The van der Waals surface area contributed by atoms with Crippen molar-refractivity contribution >= 4 is 22.6 Å². The highest BCUT2D eigenvalue weighted by atomic mass is 32.2. The monoisotopic (exact) mass is 278 g/mol. The Morgan fingerprint density at radius 1 is 1.47 bits per heavy atom. The molecule has 1 unspecified atom stereocenters. The Morgan fingerprint density at radius 2 is 2.26 bits per heavy atom. The second-order valence-corrected chi connectivity index (χ2v) is 6.47. The Morgan fingerprint density at radius 3 is 2.89 bits per heavy atom. The SMILES string of the molecule is CCC(C)Oc1cccc(NC2=NC(C)(C)CS2)c1. The number of amidine groups is 1. The normalized spacial score (nSPS) is 18.8. The smallest absolute Gasteiger partial charge is 0.161 e. The summed E-state index contributed by atoms with van der Waals surface area (Å²) < 4.78 is 5.82. The predicted molar refractivity (Wildman–Crippen MR) is 84.4 cm³/mol. The molecule has 0 bridgehead atoms. The van der Waals surface area contributed by atoms with Crippen molar-refractivity contribution in [1.29, 1.82) is 0 Å². The molecule has 2 rings (SSSR count). The lowest BCUT2D eigenvalue weighted by Crippen LogP contribution is -2.15. The molecule has 1 atom stereocenters. The van der Waals surface area contributed by atoms with E-state index in [0.29, 0.717) is 0 Å². The van der Waals surface area contributed by atoms with Crippen LogP contribution >= 0.6 is 11.8 Å². The Labute approximate surface area is 119 Å². The van der Waals surface area contributed by atoms with E-state index in [0.717, 1.165) is 28.8 Å². The third kappa shape index (κ3) is 4.16. The molecule has 0 radical (unpaired) electrons. The van der Waals surface area contributed by atoms with Crippen LogP contribution in [0.1, 0.15) is 34.1 Å². The Bertz CT molecular complexity index is 471. The number of nitrogens with one attached hydrogen (secondary N) is 1. The number of hydrogen-bond donors (Lipinski definition) is 1. The van der Waals surface area contributed by atoms with Crippen molar-refractivity contribution in [2.45, 2.75) is 45.8 Å². The first-order chi connectivity index (χ1) is 8.98. The van der Waals surface area contributed by atoms with E-state index < -0.39 is 0 Å². The maximum atomic E-state index is 5.82. The van der Waals surface area contributed by atoms with E-state index in [-0.39, 0.29) is 11.6 Å². The molecule has 104 valence electrons. The molecule has 0 fully saturated rings. The Kier molecular flexibility index (Phi) is 4.40. The number of benzene rings is 1.